The second kappa shape index (κ2) is 12.2. The van der Waals surface area contributed by atoms with Crippen LogP contribution in [0.4, 0.5) is 4.39 Å². The van der Waals surface area contributed by atoms with Crippen molar-refractivity contribution in [3.8, 4) is 6.07 Å². The quantitative estimate of drug-likeness (QED) is 0.288. The van der Waals surface area contributed by atoms with Crippen LogP contribution in [0.5, 0.6) is 0 Å². The summed E-state index contributed by atoms with van der Waals surface area (Å²) in [6.45, 7) is 6.82. The molecule has 0 saturated heterocycles. The minimum atomic E-state index is -0.634. The molecule has 0 N–H and O–H groups in total. The van der Waals surface area contributed by atoms with Gasteiger partial charge >= 0.3 is 0 Å². The van der Waals surface area contributed by atoms with E-state index in [1.807, 2.05) is 0 Å². The monoisotopic (exact) mass is 421 g/mol. The van der Waals surface area contributed by atoms with Crippen molar-refractivity contribution in [2.75, 3.05) is 0 Å². The van der Waals surface area contributed by atoms with Gasteiger partial charge in [0, 0.05) is 0 Å². The fourth-order valence-electron chi connectivity index (χ4n) is 5.78. The van der Waals surface area contributed by atoms with E-state index < -0.39 is 5.83 Å². The summed E-state index contributed by atoms with van der Waals surface area (Å²) < 4.78 is 12.9. The molecule has 168 valence electrons. The first-order valence-electron chi connectivity index (χ1n) is 12.6. The van der Waals surface area contributed by atoms with E-state index in [2.05, 4.69) is 37.8 Å². The second-order valence-electron chi connectivity index (χ2n) is 9.93. The molecule has 0 heterocycles. The Morgan fingerprint density at radius 1 is 1.03 bits per heavy atom. The topological polar surface area (TPSA) is 23.8 Å². The van der Waals surface area contributed by atoms with Gasteiger partial charge in [0.15, 0.2) is 5.83 Å². The number of aryl methyl sites for hydroxylation is 1. The van der Waals surface area contributed by atoms with Crippen LogP contribution < -0.4 is 0 Å². The molecule has 1 nitrogen and oxygen atoms in total. The van der Waals surface area contributed by atoms with Gasteiger partial charge in [-0.3, -0.25) is 0 Å². The number of nitrogens with zero attached hydrogens (tertiary/aromatic N) is 1. The molecule has 2 aliphatic rings. The summed E-state index contributed by atoms with van der Waals surface area (Å²) in [4.78, 5) is 0. The maximum absolute atomic E-state index is 12.9. The number of unbranched alkanes of at least 4 members (excludes halogenated alkanes) is 1. The van der Waals surface area contributed by atoms with Crippen LogP contribution in [0.2, 0.25) is 0 Å². The summed E-state index contributed by atoms with van der Waals surface area (Å²) in [7, 11) is 0. The molecule has 2 aliphatic carbocycles. The number of hydrogen-bond donors (Lipinski definition) is 0. The van der Waals surface area contributed by atoms with Gasteiger partial charge in [0.25, 0.3) is 0 Å². The van der Waals surface area contributed by atoms with Crippen molar-refractivity contribution in [2.24, 2.45) is 17.8 Å². The van der Waals surface area contributed by atoms with Gasteiger partial charge in [0.1, 0.15) is 6.07 Å². The van der Waals surface area contributed by atoms with E-state index in [1.54, 1.807) is 6.07 Å². The van der Waals surface area contributed by atoms with Crippen LogP contribution in [0.15, 0.2) is 48.3 Å². The number of rotatable bonds is 9. The maximum atomic E-state index is 12.9. The highest BCUT2D eigenvalue weighted by atomic mass is 19.1. The van der Waals surface area contributed by atoms with E-state index in [4.69, 9.17) is 5.26 Å². The SMILES string of the molecule is C=C([C@H]1CC[C@H](CC/C=C(\F)C#N)CC1)[C@H]1CC[C@H](c2ccc(CCCC)cc2)CC1. The predicted molar refractivity (Wildman–Crippen MR) is 128 cm³/mol. The van der Waals surface area contributed by atoms with Crippen molar-refractivity contribution in [2.45, 2.75) is 96.3 Å². The van der Waals surface area contributed by atoms with Crippen LogP contribution in [-0.2, 0) is 6.42 Å². The van der Waals surface area contributed by atoms with Crippen LogP contribution in [-0.4, -0.2) is 0 Å². The van der Waals surface area contributed by atoms with Crippen molar-refractivity contribution < 1.29 is 4.39 Å². The third kappa shape index (κ3) is 7.06. The Bertz CT molecular complexity index is 753. The first kappa shape index (κ1) is 23.8. The lowest BCUT2D eigenvalue weighted by Gasteiger charge is -2.36. The van der Waals surface area contributed by atoms with Crippen LogP contribution in [0.1, 0.15) is 101 Å². The molecule has 1 aromatic carbocycles. The van der Waals surface area contributed by atoms with Gasteiger partial charge in [-0.25, -0.2) is 0 Å². The normalized spacial score (nSPS) is 26.9. The minimum absolute atomic E-state index is 0.634. The molecule has 0 unspecified atom stereocenters. The summed E-state index contributed by atoms with van der Waals surface area (Å²) in [6.07, 6.45) is 17.0. The van der Waals surface area contributed by atoms with Gasteiger partial charge in [-0.2, -0.15) is 9.65 Å². The zero-order chi connectivity index (χ0) is 22.1. The molecule has 0 aromatic heterocycles. The number of nitriles is 1. The number of benzene rings is 1. The van der Waals surface area contributed by atoms with Gasteiger partial charge in [-0.05, 0) is 118 Å². The third-order valence-electron chi connectivity index (χ3n) is 7.90. The zero-order valence-corrected chi connectivity index (χ0v) is 19.4. The summed E-state index contributed by atoms with van der Waals surface area (Å²) >= 11 is 0. The Labute approximate surface area is 189 Å². The Hall–Kier alpha value is -1.88. The smallest absolute Gasteiger partial charge is 0.195 e. The van der Waals surface area contributed by atoms with Gasteiger partial charge in [-0.1, -0.05) is 49.8 Å². The van der Waals surface area contributed by atoms with Crippen LogP contribution >= 0.6 is 0 Å². The van der Waals surface area contributed by atoms with Gasteiger partial charge in [0.2, 0.25) is 0 Å². The number of halogens is 1. The second-order valence-corrected chi connectivity index (χ2v) is 9.93. The average Bonchev–Trinajstić information content (AvgIpc) is 2.83. The highest BCUT2D eigenvalue weighted by Gasteiger charge is 2.29. The van der Waals surface area contributed by atoms with Crippen molar-refractivity contribution >= 4 is 0 Å². The number of hydrogen-bond acceptors (Lipinski definition) is 1. The lowest BCUT2D eigenvalue weighted by Crippen LogP contribution is -2.22. The van der Waals surface area contributed by atoms with Crippen molar-refractivity contribution in [3.05, 3.63) is 59.4 Å². The molecule has 2 heteroatoms. The summed E-state index contributed by atoms with van der Waals surface area (Å²) in [5.41, 5.74) is 4.53. The summed E-state index contributed by atoms with van der Waals surface area (Å²) in [5, 5.41) is 8.51. The van der Waals surface area contributed by atoms with Gasteiger partial charge < -0.3 is 0 Å². The zero-order valence-electron chi connectivity index (χ0n) is 19.4. The molecule has 2 saturated carbocycles. The van der Waals surface area contributed by atoms with E-state index in [9.17, 15) is 4.39 Å². The molecular weight excluding hydrogens is 381 g/mol. The van der Waals surface area contributed by atoms with E-state index in [0.29, 0.717) is 24.2 Å². The van der Waals surface area contributed by atoms with E-state index in [-0.39, 0.29) is 0 Å². The van der Waals surface area contributed by atoms with E-state index in [1.165, 1.54) is 93.4 Å². The lowest BCUT2D eigenvalue weighted by atomic mass is 9.69. The highest BCUT2D eigenvalue weighted by molar-refractivity contribution is 5.26. The number of allylic oxidation sites excluding steroid dienone is 3. The highest BCUT2D eigenvalue weighted by Crippen LogP contribution is 2.44. The van der Waals surface area contributed by atoms with Crippen LogP contribution in [0, 0.1) is 29.1 Å². The molecular formula is C29H40FN. The van der Waals surface area contributed by atoms with Gasteiger partial charge in [-0.15, -0.1) is 0 Å². The first-order valence-corrected chi connectivity index (χ1v) is 12.6. The predicted octanol–water partition coefficient (Wildman–Crippen LogP) is 8.82. The molecule has 0 radical (unpaired) electrons. The fourth-order valence-corrected chi connectivity index (χ4v) is 5.78. The molecule has 0 amide bonds. The molecule has 0 bridgehead atoms. The Morgan fingerprint density at radius 2 is 1.65 bits per heavy atom. The van der Waals surface area contributed by atoms with Crippen LogP contribution in [0.25, 0.3) is 0 Å². The molecule has 0 aliphatic heterocycles. The molecule has 0 spiro atoms. The average molecular weight is 422 g/mol. The fraction of sp³-hybridized carbons (Fsp3) is 0.621. The minimum Gasteiger partial charge on any atom is -0.195 e. The molecule has 2 fully saturated rings. The third-order valence-corrected chi connectivity index (χ3v) is 7.90. The Morgan fingerprint density at radius 3 is 2.23 bits per heavy atom. The summed E-state index contributed by atoms with van der Waals surface area (Å²) in [5.74, 6) is 2.16. The van der Waals surface area contributed by atoms with E-state index in [0.717, 1.165) is 12.3 Å². The molecule has 3 rings (SSSR count). The summed E-state index contributed by atoms with van der Waals surface area (Å²) in [6, 6.07) is 11.0. The Balaban J connectivity index is 1.40. The largest absolute Gasteiger partial charge is 0.196 e. The Kier molecular flexibility index (Phi) is 9.38. The first-order chi connectivity index (χ1) is 15.1. The standard InChI is InChI=1S/C29H40FN/c1-3-4-6-23-11-15-27(16-12-23)28-19-17-26(18-20-28)22(2)25-13-9-24(10-14-25)7-5-8-29(30)21-31/h8,11-12,15-16,24-26,28H,2-7,9-10,13-14,17-20H2,1H3/b29-8-/t24-,25-,26-,28-. The van der Waals surface area contributed by atoms with Crippen LogP contribution in [0.3, 0.4) is 0 Å². The molecule has 1 aromatic rings. The molecule has 0 atom stereocenters. The maximum Gasteiger partial charge on any atom is 0.196 e. The van der Waals surface area contributed by atoms with Crippen molar-refractivity contribution in [1.82, 2.24) is 0 Å². The van der Waals surface area contributed by atoms with E-state index >= 15 is 0 Å². The van der Waals surface area contributed by atoms with Crippen molar-refractivity contribution in [3.63, 3.8) is 0 Å². The lowest BCUT2D eigenvalue weighted by molar-refractivity contribution is 0.260. The van der Waals surface area contributed by atoms with Crippen molar-refractivity contribution in [1.29, 1.82) is 5.26 Å². The molecule has 31 heavy (non-hydrogen) atoms. The van der Waals surface area contributed by atoms with Gasteiger partial charge in [0.05, 0.1) is 0 Å².